The Balaban J connectivity index is 2.45. The van der Waals surface area contributed by atoms with E-state index in [1.807, 2.05) is 36.4 Å². The van der Waals surface area contributed by atoms with E-state index >= 15 is 0 Å². The number of phenolic OH excluding ortho intramolecular Hbond substituents is 2. The molecule has 0 aromatic heterocycles. The van der Waals surface area contributed by atoms with Crippen LogP contribution in [0.5, 0.6) is 11.5 Å². The largest absolute Gasteiger partial charge is 0.507 e. The van der Waals surface area contributed by atoms with Crippen molar-refractivity contribution in [3.63, 3.8) is 0 Å². The molecule has 0 atom stereocenters. The van der Waals surface area contributed by atoms with Crippen LogP contribution in [0.4, 0.5) is 0 Å². The van der Waals surface area contributed by atoms with E-state index < -0.39 is 0 Å². The minimum Gasteiger partial charge on any atom is -0.507 e. The van der Waals surface area contributed by atoms with Gasteiger partial charge >= 0.3 is 0 Å². The van der Waals surface area contributed by atoms with E-state index in [1.54, 1.807) is 12.1 Å². The lowest BCUT2D eigenvalue weighted by atomic mass is 9.80. The monoisotopic (exact) mass is 346 g/mol. The van der Waals surface area contributed by atoms with Gasteiger partial charge in [-0.05, 0) is 46.2 Å². The van der Waals surface area contributed by atoms with Gasteiger partial charge in [-0.25, -0.2) is 0 Å². The first-order chi connectivity index (χ1) is 12.4. The quantitative estimate of drug-likeness (QED) is 0.553. The Bertz CT molecular complexity index is 923. The van der Waals surface area contributed by atoms with Gasteiger partial charge in [-0.3, -0.25) is 0 Å². The summed E-state index contributed by atoms with van der Waals surface area (Å²) in [6.45, 7) is 8.74. The van der Waals surface area contributed by atoms with Crippen LogP contribution >= 0.6 is 0 Å². The number of phenols is 2. The van der Waals surface area contributed by atoms with E-state index in [1.165, 1.54) is 11.1 Å². The first-order valence-corrected chi connectivity index (χ1v) is 9.15. The van der Waals surface area contributed by atoms with Crippen LogP contribution in [0.15, 0.2) is 60.7 Å². The maximum absolute atomic E-state index is 10.6. The highest BCUT2D eigenvalue weighted by Crippen LogP contribution is 2.46. The molecule has 2 heteroatoms. The summed E-state index contributed by atoms with van der Waals surface area (Å²) in [6.07, 6.45) is 0. The number of aromatic hydroxyl groups is 2. The van der Waals surface area contributed by atoms with Crippen molar-refractivity contribution < 1.29 is 10.2 Å². The zero-order chi connectivity index (χ0) is 18.8. The van der Waals surface area contributed by atoms with Crippen LogP contribution in [-0.2, 0) is 0 Å². The van der Waals surface area contributed by atoms with E-state index in [9.17, 15) is 10.2 Å². The fraction of sp³-hybridized carbons (Fsp3) is 0.250. The highest BCUT2D eigenvalue weighted by atomic mass is 16.3. The van der Waals surface area contributed by atoms with Crippen LogP contribution in [0.3, 0.4) is 0 Å². The highest BCUT2D eigenvalue weighted by Gasteiger charge is 2.22. The molecule has 0 saturated heterocycles. The third kappa shape index (κ3) is 3.20. The first kappa shape index (κ1) is 18.1. The molecule has 2 nitrogen and oxygen atoms in total. The third-order valence-electron chi connectivity index (χ3n) is 4.85. The maximum atomic E-state index is 10.6. The Kier molecular flexibility index (Phi) is 5.03. The van der Waals surface area contributed by atoms with Gasteiger partial charge in [0.1, 0.15) is 11.5 Å². The van der Waals surface area contributed by atoms with Crippen molar-refractivity contribution in [1.82, 2.24) is 0 Å². The summed E-state index contributed by atoms with van der Waals surface area (Å²) in [5.41, 5.74) is 6.03. The molecule has 0 saturated carbocycles. The predicted octanol–water partition coefficient (Wildman–Crippen LogP) is 6.68. The van der Waals surface area contributed by atoms with E-state index in [0.29, 0.717) is 5.92 Å². The van der Waals surface area contributed by atoms with E-state index in [4.69, 9.17) is 0 Å². The summed E-state index contributed by atoms with van der Waals surface area (Å²) in [5.74, 6) is 1.16. The Morgan fingerprint density at radius 3 is 1.62 bits per heavy atom. The Morgan fingerprint density at radius 2 is 1.12 bits per heavy atom. The van der Waals surface area contributed by atoms with Crippen LogP contribution in [0.25, 0.3) is 22.3 Å². The zero-order valence-electron chi connectivity index (χ0n) is 15.8. The van der Waals surface area contributed by atoms with Gasteiger partial charge in [-0.2, -0.15) is 0 Å². The molecule has 0 spiro atoms. The molecule has 0 fully saturated rings. The molecule has 2 N–H and O–H groups in total. The number of hydrogen-bond acceptors (Lipinski definition) is 2. The average molecular weight is 346 g/mol. The predicted molar refractivity (Wildman–Crippen MR) is 109 cm³/mol. The molecule has 3 aromatic carbocycles. The SMILES string of the molecule is CC(C)c1ccc(-c2ccccc2O)c(-c2ccccc2O)c1C(C)C. The molecule has 0 bridgehead atoms. The fourth-order valence-electron chi connectivity index (χ4n) is 3.66. The summed E-state index contributed by atoms with van der Waals surface area (Å²) in [5, 5.41) is 21.0. The first-order valence-electron chi connectivity index (χ1n) is 9.15. The summed E-state index contributed by atoms with van der Waals surface area (Å²) in [7, 11) is 0. The Labute approximate surface area is 155 Å². The number of rotatable bonds is 4. The minimum absolute atomic E-state index is 0.246. The third-order valence-corrected chi connectivity index (χ3v) is 4.85. The lowest BCUT2D eigenvalue weighted by Gasteiger charge is -2.24. The van der Waals surface area contributed by atoms with Crippen LogP contribution < -0.4 is 0 Å². The molecule has 0 radical (unpaired) electrons. The fourth-order valence-corrected chi connectivity index (χ4v) is 3.66. The molecule has 0 aliphatic carbocycles. The van der Waals surface area contributed by atoms with Crippen LogP contribution in [0.2, 0.25) is 0 Å². The van der Waals surface area contributed by atoms with E-state index in [0.717, 1.165) is 22.3 Å². The van der Waals surface area contributed by atoms with Crippen molar-refractivity contribution in [2.45, 2.75) is 39.5 Å². The van der Waals surface area contributed by atoms with Gasteiger partial charge < -0.3 is 10.2 Å². The summed E-state index contributed by atoms with van der Waals surface area (Å²) in [6, 6.07) is 19.0. The van der Waals surface area contributed by atoms with E-state index in [2.05, 4.69) is 39.8 Å². The van der Waals surface area contributed by atoms with Gasteiger partial charge in [0.2, 0.25) is 0 Å². The van der Waals surface area contributed by atoms with Gasteiger partial charge in [0.05, 0.1) is 0 Å². The topological polar surface area (TPSA) is 40.5 Å². The normalized spacial score (nSPS) is 11.3. The van der Waals surface area contributed by atoms with Crippen LogP contribution in [0, 0.1) is 0 Å². The molecule has 26 heavy (non-hydrogen) atoms. The van der Waals surface area contributed by atoms with Crippen LogP contribution in [0.1, 0.15) is 50.7 Å². The zero-order valence-corrected chi connectivity index (χ0v) is 15.8. The molecule has 0 unspecified atom stereocenters. The van der Waals surface area contributed by atoms with Gasteiger partial charge in [0.15, 0.2) is 0 Å². The van der Waals surface area contributed by atoms with Crippen molar-refractivity contribution in [3.05, 3.63) is 71.8 Å². The second-order valence-corrected chi connectivity index (χ2v) is 7.33. The molecule has 0 heterocycles. The molecular weight excluding hydrogens is 320 g/mol. The molecule has 0 aliphatic heterocycles. The highest BCUT2D eigenvalue weighted by molar-refractivity contribution is 5.91. The minimum atomic E-state index is 0.246. The van der Waals surface area contributed by atoms with Crippen molar-refractivity contribution >= 4 is 0 Å². The van der Waals surface area contributed by atoms with E-state index in [-0.39, 0.29) is 17.4 Å². The maximum Gasteiger partial charge on any atom is 0.123 e. The van der Waals surface area contributed by atoms with Crippen molar-refractivity contribution in [2.75, 3.05) is 0 Å². The van der Waals surface area contributed by atoms with Gasteiger partial charge in [-0.1, -0.05) is 76.2 Å². The molecule has 0 amide bonds. The van der Waals surface area contributed by atoms with Crippen molar-refractivity contribution in [3.8, 4) is 33.8 Å². The Hall–Kier alpha value is -2.74. The standard InChI is InChI=1S/C24H26O2/c1-15(2)17-13-14-19(18-9-5-7-11-21(18)25)24(23(17)16(3)4)20-10-6-8-12-22(20)26/h5-16,25-26H,1-4H3. The van der Waals surface area contributed by atoms with Crippen molar-refractivity contribution in [2.24, 2.45) is 0 Å². The summed E-state index contributed by atoms with van der Waals surface area (Å²) >= 11 is 0. The number of hydrogen-bond donors (Lipinski definition) is 2. The van der Waals surface area contributed by atoms with Gasteiger partial charge in [-0.15, -0.1) is 0 Å². The number of para-hydroxylation sites is 2. The van der Waals surface area contributed by atoms with Crippen LogP contribution in [-0.4, -0.2) is 10.2 Å². The second kappa shape index (κ2) is 7.25. The molecule has 3 aromatic rings. The van der Waals surface area contributed by atoms with Gasteiger partial charge in [0, 0.05) is 11.1 Å². The summed E-state index contributed by atoms with van der Waals surface area (Å²) < 4.78 is 0. The molecule has 134 valence electrons. The average Bonchev–Trinajstić information content (AvgIpc) is 2.61. The molecular formula is C24H26O2. The second-order valence-electron chi connectivity index (χ2n) is 7.33. The lowest BCUT2D eigenvalue weighted by molar-refractivity contribution is 0.476. The van der Waals surface area contributed by atoms with Gasteiger partial charge in [0.25, 0.3) is 0 Å². The number of benzene rings is 3. The summed E-state index contributed by atoms with van der Waals surface area (Å²) in [4.78, 5) is 0. The molecule has 3 rings (SSSR count). The molecule has 0 aliphatic rings. The van der Waals surface area contributed by atoms with Crippen molar-refractivity contribution in [1.29, 1.82) is 0 Å². The lowest BCUT2D eigenvalue weighted by Crippen LogP contribution is -2.03. The Morgan fingerprint density at radius 1 is 0.577 bits per heavy atom. The smallest absolute Gasteiger partial charge is 0.123 e.